The maximum Gasteiger partial charge on any atom is 0.335 e. The Morgan fingerprint density at radius 3 is 2.33 bits per heavy atom. The summed E-state index contributed by atoms with van der Waals surface area (Å²) in [5.41, 5.74) is 0.371. The highest BCUT2D eigenvalue weighted by Crippen LogP contribution is 2.31. The van der Waals surface area contributed by atoms with Crippen LogP contribution < -0.4 is 9.47 Å². The van der Waals surface area contributed by atoms with Gasteiger partial charge in [-0.05, 0) is 35.9 Å². The van der Waals surface area contributed by atoms with Gasteiger partial charge in [0.25, 0.3) is 0 Å². The lowest BCUT2D eigenvalue weighted by Gasteiger charge is -2.12. The second-order valence-corrected chi connectivity index (χ2v) is 4.63. The predicted octanol–water partition coefficient (Wildman–Crippen LogP) is 3.61. The Bertz CT molecular complexity index is 769. The Labute approximate surface area is 137 Å². The molecule has 2 aromatic carbocycles. The predicted molar refractivity (Wildman–Crippen MR) is 84.5 cm³/mol. The van der Waals surface area contributed by atoms with Crippen molar-refractivity contribution < 1.29 is 28.2 Å². The zero-order valence-corrected chi connectivity index (χ0v) is 12.5. The summed E-state index contributed by atoms with van der Waals surface area (Å²) in [7, 11) is 0. The molecule has 4 nitrogen and oxygen atoms in total. The number of carbonyl (C=O) groups excluding carboxylic acids is 1. The molecule has 0 amide bonds. The first-order valence-electron chi connectivity index (χ1n) is 6.86. The number of rotatable bonds is 6. The number of carbonyl (C=O) groups is 1. The van der Waals surface area contributed by atoms with Crippen LogP contribution in [0, 0.1) is 11.6 Å². The Balaban J connectivity index is 2.29. The van der Waals surface area contributed by atoms with E-state index in [0.29, 0.717) is 5.56 Å². The van der Waals surface area contributed by atoms with Gasteiger partial charge in [-0.15, -0.1) is 0 Å². The molecular weight excluding hydrogens is 318 g/mol. The van der Waals surface area contributed by atoms with E-state index < -0.39 is 29.6 Å². The van der Waals surface area contributed by atoms with Gasteiger partial charge in [0.2, 0.25) is 12.1 Å². The van der Waals surface area contributed by atoms with Gasteiger partial charge >= 0.3 is 5.97 Å². The molecule has 1 unspecified atom stereocenters. The SMILES string of the molecule is C=CC(=O)Oc1ccc(-c2ccc(OC(O)C=C)c(F)c2F)cc1. The first-order chi connectivity index (χ1) is 11.5. The third-order valence-electron chi connectivity index (χ3n) is 3.05. The number of ether oxygens (including phenoxy) is 2. The lowest BCUT2D eigenvalue weighted by atomic mass is 10.0. The highest BCUT2D eigenvalue weighted by atomic mass is 19.2. The monoisotopic (exact) mass is 332 g/mol. The van der Waals surface area contributed by atoms with Gasteiger partial charge in [-0.1, -0.05) is 25.3 Å². The van der Waals surface area contributed by atoms with Crippen molar-refractivity contribution in [3.8, 4) is 22.6 Å². The van der Waals surface area contributed by atoms with Crippen LogP contribution in [-0.4, -0.2) is 17.4 Å². The largest absolute Gasteiger partial charge is 0.458 e. The molecule has 0 aliphatic carbocycles. The molecule has 6 heteroatoms. The number of benzene rings is 2. The topological polar surface area (TPSA) is 55.8 Å². The molecule has 0 saturated carbocycles. The van der Waals surface area contributed by atoms with Crippen molar-refractivity contribution in [2.45, 2.75) is 6.29 Å². The van der Waals surface area contributed by atoms with Crippen LogP contribution >= 0.6 is 0 Å². The van der Waals surface area contributed by atoms with Crippen molar-refractivity contribution >= 4 is 5.97 Å². The minimum Gasteiger partial charge on any atom is -0.458 e. The minimum absolute atomic E-state index is 0.00506. The molecule has 2 rings (SSSR count). The molecule has 0 aromatic heterocycles. The highest BCUT2D eigenvalue weighted by molar-refractivity contribution is 5.83. The number of aliphatic hydroxyl groups is 1. The lowest BCUT2D eigenvalue weighted by molar-refractivity contribution is -0.128. The van der Waals surface area contributed by atoms with E-state index in [1.165, 1.54) is 36.4 Å². The molecule has 0 bridgehead atoms. The van der Waals surface area contributed by atoms with Crippen molar-refractivity contribution in [1.82, 2.24) is 0 Å². The summed E-state index contributed by atoms with van der Waals surface area (Å²) in [6.45, 7) is 6.55. The zero-order valence-electron chi connectivity index (χ0n) is 12.5. The maximum absolute atomic E-state index is 14.2. The Kier molecular flexibility index (Phi) is 5.44. The molecule has 2 aromatic rings. The molecule has 0 heterocycles. The van der Waals surface area contributed by atoms with Crippen LogP contribution in [0.3, 0.4) is 0 Å². The fourth-order valence-corrected chi connectivity index (χ4v) is 1.88. The highest BCUT2D eigenvalue weighted by Gasteiger charge is 2.17. The molecule has 0 radical (unpaired) electrons. The number of esters is 1. The maximum atomic E-state index is 14.2. The zero-order chi connectivity index (χ0) is 17.7. The van der Waals surface area contributed by atoms with Crippen molar-refractivity contribution in [1.29, 1.82) is 0 Å². The summed E-state index contributed by atoms with van der Waals surface area (Å²) < 4.78 is 37.9. The van der Waals surface area contributed by atoms with Crippen LogP contribution in [0.25, 0.3) is 11.1 Å². The second-order valence-electron chi connectivity index (χ2n) is 4.63. The van der Waals surface area contributed by atoms with Gasteiger partial charge in [0, 0.05) is 11.6 Å². The van der Waals surface area contributed by atoms with Gasteiger partial charge in [0.15, 0.2) is 11.6 Å². The first kappa shape index (κ1) is 17.4. The quantitative estimate of drug-likeness (QED) is 0.289. The van der Waals surface area contributed by atoms with Crippen molar-refractivity contribution in [2.24, 2.45) is 0 Å². The van der Waals surface area contributed by atoms with E-state index in [1.807, 2.05) is 0 Å². The van der Waals surface area contributed by atoms with Gasteiger partial charge < -0.3 is 14.6 Å². The van der Waals surface area contributed by atoms with Crippen LogP contribution in [0.5, 0.6) is 11.5 Å². The Morgan fingerprint density at radius 1 is 1.08 bits per heavy atom. The van der Waals surface area contributed by atoms with Crippen molar-refractivity contribution in [3.63, 3.8) is 0 Å². The summed E-state index contributed by atoms with van der Waals surface area (Å²) in [5, 5.41) is 9.26. The summed E-state index contributed by atoms with van der Waals surface area (Å²) in [5.74, 6) is -3.16. The summed E-state index contributed by atoms with van der Waals surface area (Å²) in [6, 6.07) is 8.35. The average molecular weight is 332 g/mol. The van der Waals surface area contributed by atoms with Crippen molar-refractivity contribution in [2.75, 3.05) is 0 Å². The molecule has 0 spiro atoms. The normalized spacial score (nSPS) is 11.5. The van der Waals surface area contributed by atoms with E-state index in [1.54, 1.807) is 0 Å². The number of halogens is 2. The van der Waals surface area contributed by atoms with Crippen LogP contribution in [0.4, 0.5) is 8.78 Å². The van der Waals surface area contributed by atoms with Crippen LogP contribution in [-0.2, 0) is 4.79 Å². The number of hydrogen-bond donors (Lipinski definition) is 1. The smallest absolute Gasteiger partial charge is 0.335 e. The van der Waals surface area contributed by atoms with Gasteiger partial charge in [-0.3, -0.25) is 0 Å². The molecule has 1 N–H and O–H groups in total. The van der Waals surface area contributed by atoms with E-state index in [0.717, 1.165) is 12.2 Å². The first-order valence-corrected chi connectivity index (χ1v) is 6.86. The van der Waals surface area contributed by atoms with E-state index >= 15 is 0 Å². The van der Waals surface area contributed by atoms with Crippen LogP contribution in [0.2, 0.25) is 0 Å². The number of aliphatic hydroxyl groups excluding tert-OH is 1. The van der Waals surface area contributed by atoms with Gasteiger partial charge in [-0.2, -0.15) is 4.39 Å². The Hall–Kier alpha value is -2.99. The molecule has 1 atom stereocenters. The molecule has 0 saturated heterocycles. The fraction of sp³-hybridized carbons (Fsp3) is 0.0556. The number of hydrogen-bond acceptors (Lipinski definition) is 4. The molecule has 0 fully saturated rings. The molecule has 0 aliphatic heterocycles. The summed E-state index contributed by atoms with van der Waals surface area (Å²) >= 11 is 0. The molecule has 24 heavy (non-hydrogen) atoms. The van der Waals surface area contributed by atoms with Crippen molar-refractivity contribution in [3.05, 3.63) is 73.3 Å². The lowest BCUT2D eigenvalue weighted by Crippen LogP contribution is -2.12. The summed E-state index contributed by atoms with van der Waals surface area (Å²) in [6.07, 6.45) is 0.608. The van der Waals surface area contributed by atoms with Crippen LogP contribution in [0.15, 0.2) is 61.7 Å². The van der Waals surface area contributed by atoms with E-state index in [-0.39, 0.29) is 11.3 Å². The van der Waals surface area contributed by atoms with E-state index in [4.69, 9.17) is 9.47 Å². The van der Waals surface area contributed by atoms with E-state index in [9.17, 15) is 18.7 Å². The van der Waals surface area contributed by atoms with Gasteiger partial charge in [0.1, 0.15) is 5.75 Å². The van der Waals surface area contributed by atoms with E-state index in [2.05, 4.69) is 13.2 Å². The van der Waals surface area contributed by atoms with Gasteiger partial charge in [-0.25, -0.2) is 9.18 Å². The van der Waals surface area contributed by atoms with Gasteiger partial charge in [0.05, 0.1) is 0 Å². The Morgan fingerprint density at radius 2 is 1.75 bits per heavy atom. The molecular formula is C18H14F2O4. The second kappa shape index (κ2) is 7.52. The average Bonchev–Trinajstić information content (AvgIpc) is 2.59. The standard InChI is InChI=1S/C18H14F2O4/c1-3-15(21)23-12-7-5-11(6-8-12)13-9-10-14(18(20)17(13)19)24-16(22)4-2/h3-10,16,22H,1-2H2. The third kappa shape index (κ3) is 3.85. The summed E-state index contributed by atoms with van der Waals surface area (Å²) in [4.78, 5) is 11.1. The van der Waals surface area contributed by atoms with Crippen LogP contribution in [0.1, 0.15) is 0 Å². The third-order valence-corrected chi connectivity index (χ3v) is 3.05. The minimum atomic E-state index is -1.44. The molecule has 124 valence electrons. The molecule has 0 aliphatic rings. The fourth-order valence-electron chi connectivity index (χ4n) is 1.88.